The van der Waals surface area contributed by atoms with Gasteiger partial charge in [0.1, 0.15) is 0 Å². The van der Waals surface area contributed by atoms with E-state index < -0.39 is 5.54 Å². The van der Waals surface area contributed by atoms with Crippen molar-refractivity contribution in [1.82, 2.24) is 0 Å². The Labute approximate surface area is 119 Å². The number of benzene rings is 2. The maximum atomic E-state index is 10.7. The molecule has 0 aliphatic heterocycles. The molecule has 1 atom stereocenters. The van der Waals surface area contributed by atoms with Gasteiger partial charge in [-0.3, -0.25) is 0 Å². The van der Waals surface area contributed by atoms with Crippen LogP contribution in [0.1, 0.15) is 24.5 Å². The summed E-state index contributed by atoms with van der Waals surface area (Å²) in [6.07, 6.45) is 6.44. The van der Waals surface area contributed by atoms with Gasteiger partial charge in [-0.15, -0.1) is 0 Å². The van der Waals surface area contributed by atoms with Crippen LogP contribution in [0.3, 0.4) is 0 Å². The highest BCUT2D eigenvalue weighted by molar-refractivity contribution is 5.49. The summed E-state index contributed by atoms with van der Waals surface area (Å²) in [6, 6.07) is 19.9. The lowest BCUT2D eigenvalue weighted by Crippen LogP contribution is -2.17. The normalized spacial score (nSPS) is 13.7. The molecular weight excluding hydrogens is 246 g/mol. The van der Waals surface area contributed by atoms with E-state index in [1.165, 1.54) is 0 Å². The summed E-state index contributed by atoms with van der Waals surface area (Å²) >= 11 is 0. The van der Waals surface area contributed by atoms with Crippen LogP contribution >= 0.6 is 0 Å². The van der Waals surface area contributed by atoms with Gasteiger partial charge in [0.15, 0.2) is 0 Å². The molecule has 100 valence electrons. The van der Waals surface area contributed by atoms with Gasteiger partial charge in [-0.1, -0.05) is 72.8 Å². The highest BCUT2D eigenvalue weighted by atomic mass is 16.1. The molecular formula is C18H17NO. The van der Waals surface area contributed by atoms with E-state index in [1.807, 2.05) is 79.7 Å². The van der Waals surface area contributed by atoms with Crippen LogP contribution in [-0.4, -0.2) is 6.08 Å². The predicted octanol–water partition coefficient (Wildman–Crippen LogP) is 4.34. The van der Waals surface area contributed by atoms with E-state index >= 15 is 0 Å². The fourth-order valence-electron chi connectivity index (χ4n) is 2.11. The van der Waals surface area contributed by atoms with E-state index in [2.05, 4.69) is 4.99 Å². The van der Waals surface area contributed by atoms with Crippen LogP contribution in [0.15, 0.2) is 71.7 Å². The highest BCUT2D eigenvalue weighted by Gasteiger charge is 2.24. The van der Waals surface area contributed by atoms with Gasteiger partial charge in [0, 0.05) is 0 Å². The Bertz CT molecular complexity index is 612. The first-order chi connectivity index (χ1) is 9.74. The van der Waals surface area contributed by atoms with Gasteiger partial charge in [-0.05, 0) is 24.5 Å². The minimum absolute atomic E-state index is 0.561. The van der Waals surface area contributed by atoms with Crippen molar-refractivity contribution < 1.29 is 4.79 Å². The second kappa shape index (κ2) is 6.65. The van der Waals surface area contributed by atoms with Gasteiger partial charge in [0.05, 0.1) is 5.54 Å². The standard InChI is InChI=1S/C18H17NO/c1-18(19-15-20,17-12-6-3-7-13-17)14-8-11-16-9-4-2-5-10-16/h2-13H,14H2,1H3. The van der Waals surface area contributed by atoms with E-state index in [0.29, 0.717) is 6.42 Å². The minimum atomic E-state index is -0.561. The quantitative estimate of drug-likeness (QED) is 0.582. The Kier molecular flexibility index (Phi) is 4.65. The summed E-state index contributed by atoms with van der Waals surface area (Å²) < 4.78 is 0. The van der Waals surface area contributed by atoms with Crippen molar-refractivity contribution in [3.8, 4) is 0 Å². The molecule has 0 radical (unpaired) electrons. The van der Waals surface area contributed by atoms with E-state index in [4.69, 9.17) is 0 Å². The average molecular weight is 263 g/mol. The minimum Gasteiger partial charge on any atom is -0.211 e. The van der Waals surface area contributed by atoms with Crippen LogP contribution in [0.25, 0.3) is 6.08 Å². The molecule has 0 aliphatic rings. The number of nitrogens with zero attached hydrogens (tertiary/aromatic N) is 1. The number of hydrogen-bond donors (Lipinski definition) is 0. The van der Waals surface area contributed by atoms with E-state index in [9.17, 15) is 4.79 Å². The Balaban J connectivity index is 2.18. The maximum Gasteiger partial charge on any atom is 0.235 e. The van der Waals surface area contributed by atoms with Gasteiger partial charge < -0.3 is 0 Å². The Morgan fingerprint density at radius 1 is 1.05 bits per heavy atom. The van der Waals surface area contributed by atoms with Crippen molar-refractivity contribution in [3.05, 3.63) is 77.9 Å². The second-order valence-electron chi connectivity index (χ2n) is 4.86. The number of aliphatic imine (C=N–C) groups is 1. The lowest BCUT2D eigenvalue weighted by Gasteiger charge is -2.22. The highest BCUT2D eigenvalue weighted by Crippen LogP contribution is 2.29. The molecule has 0 N–H and O–H groups in total. The third-order valence-corrected chi connectivity index (χ3v) is 3.31. The topological polar surface area (TPSA) is 29.4 Å². The Morgan fingerprint density at radius 3 is 2.25 bits per heavy atom. The zero-order chi connectivity index (χ0) is 14.3. The molecule has 1 unspecified atom stereocenters. The number of hydrogen-bond acceptors (Lipinski definition) is 2. The average Bonchev–Trinajstić information content (AvgIpc) is 2.49. The van der Waals surface area contributed by atoms with Gasteiger partial charge in [0.2, 0.25) is 6.08 Å². The number of rotatable bonds is 5. The lowest BCUT2D eigenvalue weighted by molar-refractivity contribution is 0.490. The first kappa shape index (κ1) is 14.0. The zero-order valence-electron chi connectivity index (χ0n) is 11.5. The van der Waals surface area contributed by atoms with Gasteiger partial charge in [-0.2, -0.15) is 4.99 Å². The molecule has 20 heavy (non-hydrogen) atoms. The van der Waals surface area contributed by atoms with Crippen molar-refractivity contribution in [2.75, 3.05) is 0 Å². The predicted molar refractivity (Wildman–Crippen MR) is 82.0 cm³/mol. The Morgan fingerprint density at radius 2 is 1.65 bits per heavy atom. The fraction of sp³-hybridized carbons (Fsp3) is 0.167. The van der Waals surface area contributed by atoms with Crippen LogP contribution in [-0.2, 0) is 10.3 Å². The Hall–Kier alpha value is -2.44. The van der Waals surface area contributed by atoms with E-state index in [-0.39, 0.29) is 0 Å². The molecule has 0 bridgehead atoms. The SMILES string of the molecule is CC(CC=Cc1ccccc1)(N=C=O)c1ccccc1. The third-order valence-electron chi connectivity index (χ3n) is 3.31. The fourth-order valence-corrected chi connectivity index (χ4v) is 2.11. The monoisotopic (exact) mass is 263 g/mol. The van der Waals surface area contributed by atoms with Gasteiger partial charge >= 0.3 is 0 Å². The van der Waals surface area contributed by atoms with Crippen LogP contribution in [0.2, 0.25) is 0 Å². The summed E-state index contributed by atoms with van der Waals surface area (Å²) in [7, 11) is 0. The molecule has 0 aliphatic carbocycles. The van der Waals surface area contributed by atoms with Crippen LogP contribution in [0.4, 0.5) is 0 Å². The van der Waals surface area contributed by atoms with Crippen molar-refractivity contribution in [3.63, 3.8) is 0 Å². The summed E-state index contributed by atoms with van der Waals surface area (Å²) in [5.41, 5.74) is 1.59. The molecule has 2 nitrogen and oxygen atoms in total. The van der Waals surface area contributed by atoms with E-state index in [1.54, 1.807) is 6.08 Å². The maximum absolute atomic E-state index is 10.7. The molecule has 0 amide bonds. The molecule has 0 saturated carbocycles. The van der Waals surface area contributed by atoms with Crippen LogP contribution in [0, 0.1) is 0 Å². The third kappa shape index (κ3) is 3.53. The van der Waals surface area contributed by atoms with Crippen molar-refractivity contribution in [2.45, 2.75) is 18.9 Å². The largest absolute Gasteiger partial charge is 0.235 e. The number of carbonyl (C=O) groups excluding carboxylic acids is 1. The molecule has 0 aromatic heterocycles. The first-order valence-electron chi connectivity index (χ1n) is 6.61. The summed E-state index contributed by atoms with van der Waals surface area (Å²) in [5.74, 6) is 0. The van der Waals surface area contributed by atoms with Crippen LogP contribution < -0.4 is 0 Å². The molecule has 0 fully saturated rings. The molecule has 2 heteroatoms. The summed E-state index contributed by atoms with van der Waals surface area (Å²) in [4.78, 5) is 14.7. The lowest BCUT2D eigenvalue weighted by atomic mass is 9.89. The molecule has 2 aromatic rings. The summed E-state index contributed by atoms with van der Waals surface area (Å²) in [5, 5.41) is 0. The van der Waals surface area contributed by atoms with Gasteiger partial charge in [-0.25, -0.2) is 4.79 Å². The number of isocyanates is 1. The molecule has 2 rings (SSSR count). The van der Waals surface area contributed by atoms with Crippen molar-refractivity contribution in [2.24, 2.45) is 4.99 Å². The summed E-state index contributed by atoms with van der Waals surface area (Å²) in [6.45, 7) is 1.95. The van der Waals surface area contributed by atoms with E-state index in [0.717, 1.165) is 11.1 Å². The second-order valence-corrected chi connectivity index (χ2v) is 4.86. The smallest absolute Gasteiger partial charge is 0.211 e. The molecule has 0 saturated heterocycles. The first-order valence-corrected chi connectivity index (χ1v) is 6.61. The van der Waals surface area contributed by atoms with Crippen molar-refractivity contribution >= 4 is 12.2 Å². The molecule has 2 aromatic carbocycles. The van der Waals surface area contributed by atoms with Gasteiger partial charge in [0.25, 0.3) is 0 Å². The zero-order valence-corrected chi connectivity index (χ0v) is 11.5. The molecule has 0 heterocycles. The molecule has 0 spiro atoms. The van der Waals surface area contributed by atoms with Crippen molar-refractivity contribution in [1.29, 1.82) is 0 Å². The van der Waals surface area contributed by atoms with Crippen LogP contribution in [0.5, 0.6) is 0 Å².